The number of primary amides is 1. The van der Waals surface area contributed by atoms with Crippen LogP contribution in [-0.4, -0.2) is 27.1 Å². The van der Waals surface area contributed by atoms with Crippen molar-refractivity contribution in [2.75, 3.05) is 5.32 Å². The zero-order valence-electron chi connectivity index (χ0n) is 9.06. The highest BCUT2D eigenvalue weighted by Crippen LogP contribution is 1.87. The van der Waals surface area contributed by atoms with Crippen molar-refractivity contribution in [3.8, 4) is 0 Å². The van der Waals surface area contributed by atoms with Crippen LogP contribution >= 0.6 is 0 Å². The second-order valence-corrected chi connectivity index (χ2v) is 2.85. The average molecular weight is 240 g/mol. The third kappa shape index (κ3) is 7.31. The molecule has 0 saturated carbocycles. The van der Waals surface area contributed by atoms with E-state index >= 15 is 0 Å². The van der Waals surface area contributed by atoms with Crippen LogP contribution in [0.5, 0.6) is 0 Å². The number of carboxylic acid groups (broad SMARTS) is 1. The molecule has 0 unspecified atom stereocenters. The first kappa shape index (κ1) is 14.4. The van der Waals surface area contributed by atoms with Crippen LogP contribution in [0, 0.1) is 0 Å². The summed E-state index contributed by atoms with van der Waals surface area (Å²) in [7, 11) is 0. The number of nitrogens with zero attached hydrogens (tertiary/aromatic N) is 1. The molecular weight excluding hydrogens is 228 g/mol. The first-order chi connectivity index (χ1) is 7.82. The fourth-order valence-electron chi connectivity index (χ4n) is 0.552. The van der Waals surface area contributed by atoms with Crippen molar-refractivity contribution in [3.05, 3.63) is 34.8 Å². The number of aromatic nitrogens is 2. The van der Waals surface area contributed by atoms with Crippen LogP contribution < -0.4 is 16.6 Å². The highest BCUT2D eigenvalue weighted by Gasteiger charge is 1.95. The number of hydrogen-bond acceptors (Lipinski definition) is 4. The lowest BCUT2D eigenvalue weighted by Gasteiger charge is -1.96. The van der Waals surface area contributed by atoms with Crippen molar-refractivity contribution >= 4 is 17.9 Å². The van der Waals surface area contributed by atoms with Crippen molar-refractivity contribution in [1.82, 2.24) is 9.97 Å². The van der Waals surface area contributed by atoms with Crippen molar-refractivity contribution in [1.29, 1.82) is 0 Å². The topological polar surface area (TPSA) is 138 Å². The van der Waals surface area contributed by atoms with Crippen LogP contribution in [0.25, 0.3) is 0 Å². The quantitative estimate of drug-likeness (QED) is 0.535. The fourth-order valence-corrected chi connectivity index (χ4v) is 0.552. The predicted octanol–water partition coefficient (Wildman–Crippen LogP) is -0.0924. The van der Waals surface area contributed by atoms with Gasteiger partial charge in [-0.3, -0.25) is 10.1 Å². The molecule has 8 nitrogen and oxygen atoms in total. The number of carboxylic acids is 1. The second-order valence-electron chi connectivity index (χ2n) is 2.85. The summed E-state index contributed by atoms with van der Waals surface area (Å²) in [6.45, 7) is 4.60. The number of rotatable bonds is 2. The Bertz CT molecular complexity index is 468. The van der Waals surface area contributed by atoms with Gasteiger partial charge in [-0.15, -0.1) is 0 Å². The molecule has 0 bridgehead atoms. The third-order valence-electron chi connectivity index (χ3n) is 1.27. The molecule has 1 aromatic heterocycles. The van der Waals surface area contributed by atoms with Gasteiger partial charge >= 0.3 is 12.0 Å². The molecule has 0 saturated heterocycles. The molecule has 0 aliphatic heterocycles. The molecule has 5 N–H and O–H groups in total. The maximum atomic E-state index is 10.5. The van der Waals surface area contributed by atoms with Gasteiger partial charge in [0.2, 0.25) is 5.95 Å². The van der Waals surface area contributed by atoms with Crippen LogP contribution in [0.3, 0.4) is 0 Å². The van der Waals surface area contributed by atoms with E-state index in [1.165, 1.54) is 19.2 Å². The van der Waals surface area contributed by atoms with Crippen LogP contribution in [-0.2, 0) is 4.79 Å². The first-order valence-electron chi connectivity index (χ1n) is 4.34. The Hall–Kier alpha value is -2.64. The minimum Gasteiger partial charge on any atom is -0.478 e. The van der Waals surface area contributed by atoms with E-state index < -0.39 is 17.6 Å². The molecular formula is C9H12N4O4. The van der Waals surface area contributed by atoms with Gasteiger partial charge < -0.3 is 15.8 Å². The lowest BCUT2D eigenvalue weighted by molar-refractivity contribution is -0.132. The van der Waals surface area contributed by atoms with E-state index in [0.29, 0.717) is 0 Å². The molecule has 92 valence electrons. The van der Waals surface area contributed by atoms with E-state index in [2.05, 4.69) is 21.9 Å². The smallest absolute Gasteiger partial charge is 0.330 e. The van der Waals surface area contributed by atoms with E-state index in [-0.39, 0.29) is 11.5 Å². The molecule has 8 heteroatoms. The van der Waals surface area contributed by atoms with Gasteiger partial charge in [-0.25, -0.2) is 9.59 Å². The summed E-state index contributed by atoms with van der Waals surface area (Å²) in [6, 6.07) is 0.464. The number of aromatic amines is 1. The number of carbonyl (C=O) groups is 2. The Morgan fingerprint density at radius 2 is 2.12 bits per heavy atom. The molecule has 17 heavy (non-hydrogen) atoms. The average Bonchev–Trinajstić information content (AvgIpc) is 2.17. The van der Waals surface area contributed by atoms with Crippen LogP contribution in [0.15, 0.2) is 29.2 Å². The van der Waals surface area contributed by atoms with Crippen molar-refractivity contribution in [2.24, 2.45) is 5.73 Å². The van der Waals surface area contributed by atoms with Gasteiger partial charge in [0.15, 0.2) is 0 Å². The zero-order valence-corrected chi connectivity index (χ0v) is 9.06. The number of anilines is 1. The second kappa shape index (κ2) is 6.77. The minimum absolute atomic E-state index is 0.0463. The molecule has 0 spiro atoms. The van der Waals surface area contributed by atoms with Crippen LogP contribution in [0.2, 0.25) is 0 Å². The van der Waals surface area contributed by atoms with Crippen molar-refractivity contribution in [3.63, 3.8) is 0 Å². The Morgan fingerprint density at radius 1 is 1.59 bits per heavy atom. The van der Waals surface area contributed by atoms with E-state index in [0.717, 1.165) is 0 Å². The third-order valence-corrected chi connectivity index (χ3v) is 1.27. The van der Waals surface area contributed by atoms with Gasteiger partial charge in [0.05, 0.1) is 0 Å². The molecule has 0 aromatic carbocycles. The number of nitrogens with two attached hydrogens (primary N) is 1. The highest BCUT2D eigenvalue weighted by atomic mass is 16.4. The molecule has 0 aliphatic rings. The van der Waals surface area contributed by atoms with Crippen LogP contribution in [0.4, 0.5) is 10.7 Å². The fraction of sp³-hybridized carbons (Fsp3) is 0.111. The van der Waals surface area contributed by atoms with Gasteiger partial charge in [0, 0.05) is 17.8 Å². The molecule has 0 radical (unpaired) electrons. The number of hydrogen-bond donors (Lipinski definition) is 4. The lowest BCUT2D eigenvalue weighted by atomic mass is 10.4. The Morgan fingerprint density at radius 3 is 2.47 bits per heavy atom. The summed E-state index contributed by atoms with van der Waals surface area (Å²) in [5.74, 6) is -0.889. The van der Waals surface area contributed by atoms with Gasteiger partial charge in [0.25, 0.3) is 5.56 Å². The minimum atomic E-state index is -0.935. The van der Waals surface area contributed by atoms with Gasteiger partial charge in [-0.2, -0.15) is 4.98 Å². The summed E-state index contributed by atoms with van der Waals surface area (Å²) in [6.07, 6.45) is 1.36. The number of nitrogens with one attached hydrogen (secondary N) is 2. The molecule has 1 heterocycles. The molecule has 1 aromatic rings. The summed E-state index contributed by atoms with van der Waals surface area (Å²) in [4.78, 5) is 36.3. The summed E-state index contributed by atoms with van der Waals surface area (Å²) >= 11 is 0. The standard InChI is InChI=1S/C5H6N4O2.C4H6O2/c6-4(11)9-5-7-2-1-3(10)8-5;1-3(2)4(5)6/h1-2H,(H4,6,7,8,9,10,11);1H2,2H3,(H,5,6). The van der Waals surface area contributed by atoms with E-state index in [1.54, 1.807) is 0 Å². The summed E-state index contributed by atoms with van der Waals surface area (Å²) in [5.41, 5.74) is 4.50. The lowest BCUT2D eigenvalue weighted by Crippen LogP contribution is -2.22. The zero-order chi connectivity index (χ0) is 13.4. The van der Waals surface area contributed by atoms with E-state index in [1.807, 2.05) is 0 Å². The van der Waals surface area contributed by atoms with Crippen molar-refractivity contribution < 1.29 is 14.7 Å². The van der Waals surface area contributed by atoms with E-state index in [4.69, 9.17) is 10.8 Å². The SMILES string of the molecule is C=C(C)C(=O)O.NC(=O)Nc1nc(=O)cc[nH]1. The largest absolute Gasteiger partial charge is 0.478 e. The Balaban J connectivity index is 0.000000366. The number of urea groups is 1. The van der Waals surface area contributed by atoms with Gasteiger partial charge in [-0.05, 0) is 6.92 Å². The highest BCUT2D eigenvalue weighted by molar-refractivity contribution is 5.85. The molecule has 0 atom stereocenters. The van der Waals surface area contributed by atoms with E-state index in [9.17, 15) is 14.4 Å². The van der Waals surface area contributed by atoms with Crippen molar-refractivity contribution in [2.45, 2.75) is 6.92 Å². The normalized spacial score (nSPS) is 8.53. The summed E-state index contributed by atoms with van der Waals surface area (Å²) in [5, 5.41) is 10.0. The number of H-pyrrole nitrogens is 1. The summed E-state index contributed by atoms with van der Waals surface area (Å²) < 4.78 is 0. The maximum absolute atomic E-state index is 10.5. The number of carbonyl (C=O) groups excluding carboxylic acids is 1. The first-order valence-corrected chi connectivity index (χ1v) is 4.34. The Labute approximate surface area is 96.2 Å². The molecule has 2 amide bonds. The van der Waals surface area contributed by atoms with Crippen LogP contribution in [0.1, 0.15) is 6.92 Å². The predicted molar refractivity (Wildman–Crippen MR) is 60.5 cm³/mol. The molecule has 1 rings (SSSR count). The van der Waals surface area contributed by atoms with Gasteiger partial charge in [0.1, 0.15) is 0 Å². The van der Waals surface area contributed by atoms with Gasteiger partial charge in [-0.1, -0.05) is 6.58 Å². The molecule has 0 fully saturated rings. The monoisotopic (exact) mass is 240 g/mol. The molecule has 0 aliphatic carbocycles. The maximum Gasteiger partial charge on any atom is 0.330 e. The Kier molecular flexibility index (Phi) is 5.72. The number of aliphatic carboxylic acids is 1. The number of amides is 2.